The Balaban J connectivity index is 1.89. The van der Waals surface area contributed by atoms with Gasteiger partial charge in [0.25, 0.3) is 0 Å². The first-order valence-corrected chi connectivity index (χ1v) is 6.59. The van der Waals surface area contributed by atoms with Crippen molar-refractivity contribution in [2.45, 2.75) is 13.5 Å². The molecule has 0 spiro atoms. The molecule has 1 aromatic heterocycles. The number of phenols is 1. The summed E-state index contributed by atoms with van der Waals surface area (Å²) in [6.07, 6.45) is 3.65. The second-order valence-corrected chi connectivity index (χ2v) is 4.89. The molecule has 0 amide bonds. The minimum atomic E-state index is 0.321. The molecule has 2 aromatic carbocycles. The molecule has 0 bridgehead atoms. The van der Waals surface area contributed by atoms with Crippen LogP contribution in [-0.4, -0.2) is 10.1 Å². The van der Waals surface area contributed by atoms with Crippen molar-refractivity contribution in [3.63, 3.8) is 0 Å². The molecule has 0 aliphatic heterocycles. The number of aryl methyl sites for hydroxylation is 1. The van der Waals surface area contributed by atoms with Gasteiger partial charge in [-0.2, -0.15) is 0 Å². The van der Waals surface area contributed by atoms with E-state index in [4.69, 9.17) is 0 Å². The summed E-state index contributed by atoms with van der Waals surface area (Å²) in [6, 6.07) is 13.7. The molecular formula is C17H16N2O. The van der Waals surface area contributed by atoms with Gasteiger partial charge >= 0.3 is 0 Å². The maximum atomic E-state index is 9.87. The fraction of sp³-hybridized carbons (Fsp3) is 0.118. The molecule has 0 aliphatic carbocycles. The van der Waals surface area contributed by atoms with E-state index in [1.807, 2.05) is 43.5 Å². The van der Waals surface area contributed by atoms with E-state index in [0.717, 1.165) is 27.6 Å². The lowest BCUT2D eigenvalue weighted by Gasteiger charge is -2.11. The third-order valence-corrected chi connectivity index (χ3v) is 3.39. The molecule has 0 unspecified atom stereocenters. The summed E-state index contributed by atoms with van der Waals surface area (Å²) in [5, 5.41) is 15.5. The van der Waals surface area contributed by atoms with Crippen LogP contribution in [0.15, 0.2) is 54.9 Å². The van der Waals surface area contributed by atoms with Gasteiger partial charge in [0, 0.05) is 35.6 Å². The van der Waals surface area contributed by atoms with Crippen molar-refractivity contribution >= 4 is 16.5 Å². The number of fused-ring (bicyclic) bond motifs is 1. The van der Waals surface area contributed by atoms with E-state index in [1.54, 1.807) is 12.3 Å². The van der Waals surface area contributed by atoms with Crippen molar-refractivity contribution in [3.8, 4) is 5.75 Å². The first-order chi connectivity index (χ1) is 9.74. The van der Waals surface area contributed by atoms with Gasteiger partial charge < -0.3 is 10.4 Å². The van der Waals surface area contributed by atoms with E-state index in [9.17, 15) is 5.11 Å². The fourth-order valence-electron chi connectivity index (χ4n) is 2.31. The van der Waals surface area contributed by atoms with E-state index in [1.165, 1.54) is 0 Å². The quantitative estimate of drug-likeness (QED) is 0.755. The number of nitrogens with zero attached hydrogens (tertiary/aromatic N) is 1. The van der Waals surface area contributed by atoms with Crippen LogP contribution < -0.4 is 5.32 Å². The summed E-state index contributed by atoms with van der Waals surface area (Å²) in [5.41, 5.74) is 3.06. The number of hydrogen-bond acceptors (Lipinski definition) is 3. The third-order valence-electron chi connectivity index (χ3n) is 3.39. The average molecular weight is 264 g/mol. The largest absolute Gasteiger partial charge is 0.508 e. The Morgan fingerprint density at radius 2 is 2.05 bits per heavy atom. The Morgan fingerprint density at radius 1 is 1.15 bits per heavy atom. The van der Waals surface area contributed by atoms with Crippen LogP contribution in [-0.2, 0) is 6.54 Å². The van der Waals surface area contributed by atoms with Crippen LogP contribution >= 0.6 is 0 Å². The molecule has 0 fully saturated rings. The van der Waals surface area contributed by atoms with E-state index >= 15 is 0 Å². The van der Waals surface area contributed by atoms with Crippen molar-refractivity contribution < 1.29 is 5.11 Å². The normalized spacial score (nSPS) is 10.7. The lowest BCUT2D eigenvalue weighted by atomic mass is 10.1. The number of rotatable bonds is 3. The van der Waals surface area contributed by atoms with Crippen LogP contribution in [0.5, 0.6) is 5.75 Å². The molecule has 0 saturated carbocycles. The molecule has 0 radical (unpaired) electrons. The van der Waals surface area contributed by atoms with Gasteiger partial charge in [0.2, 0.25) is 0 Å². The molecule has 3 nitrogen and oxygen atoms in total. The maximum Gasteiger partial charge on any atom is 0.120 e. The first-order valence-electron chi connectivity index (χ1n) is 6.59. The van der Waals surface area contributed by atoms with Crippen LogP contribution in [0.1, 0.15) is 11.1 Å². The van der Waals surface area contributed by atoms with Crippen LogP contribution in [0, 0.1) is 6.92 Å². The number of nitrogens with one attached hydrogen (secondary N) is 1. The zero-order valence-corrected chi connectivity index (χ0v) is 11.3. The summed E-state index contributed by atoms with van der Waals surface area (Å²) in [5.74, 6) is 0.321. The van der Waals surface area contributed by atoms with Gasteiger partial charge in [0.05, 0.1) is 0 Å². The number of phenolic OH excluding ortho intramolecular Hbond substituents is 1. The Hall–Kier alpha value is -2.55. The molecule has 3 rings (SSSR count). The maximum absolute atomic E-state index is 9.87. The monoisotopic (exact) mass is 264 g/mol. The van der Waals surface area contributed by atoms with Gasteiger partial charge in [-0.15, -0.1) is 0 Å². The van der Waals surface area contributed by atoms with Crippen molar-refractivity contribution in [2.24, 2.45) is 0 Å². The topological polar surface area (TPSA) is 45.1 Å². The van der Waals surface area contributed by atoms with Crippen LogP contribution in [0.4, 0.5) is 5.69 Å². The summed E-state index contributed by atoms with van der Waals surface area (Å²) < 4.78 is 0. The van der Waals surface area contributed by atoms with Crippen LogP contribution in [0.3, 0.4) is 0 Å². The Labute approximate surface area is 117 Å². The Kier molecular flexibility index (Phi) is 3.25. The smallest absolute Gasteiger partial charge is 0.120 e. The summed E-state index contributed by atoms with van der Waals surface area (Å²) in [6.45, 7) is 2.60. The van der Waals surface area contributed by atoms with Gasteiger partial charge in [0.1, 0.15) is 5.75 Å². The number of hydrogen-bond donors (Lipinski definition) is 2. The molecular weight excluding hydrogens is 248 g/mol. The van der Waals surface area contributed by atoms with E-state index in [-0.39, 0.29) is 0 Å². The number of benzene rings is 2. The van der Waals surface area contributed by atoms with E-state index in [2.05, 4.69) is 16.4 Å². The lowest BCUT2D eigenvalue weighted by Crippen LogP contribution is -2.00. The number of anilines is 1. The highest BCUT2D eigenvalue weighted by molar-refractivity contribution is 5.93. The number of aromatic nitrogens is 1. The van der Waals surface area contributed by atoms with Crippen molar-refractivity contribution in [2.75, 3.05) is 5.32 Å². The minimum Gasteiger partial charge on any atom is -0.508 e. The van der Waals surface area contributed by atoms with Crippen molar-refractivity contribution in [1.29, 1.82) is 0 Å². The molecule has 100 valence electrons. The molecule has 2 N–H and O–H groups in total. The van der Waals surface area contributed by atoms with E-state index in [0.29, 0.717) is 12.3 Å². The van der Waals surface area contributed by atoms with E-state index < -0.39 is 0 Å². The zero-order valence-electron chi connectivity index (χ0n) is 11.3. The third kappa shape index (κ3) is 2.43. The van der Waals surface area contributed by atoms with Gasteiger partial charge in [-0.3, -0.25) is 4.98 Å². The van der Waals surface area contributed by atoms with Gasteiger partial charge in [-0.25, -0.2) is 0 Å². The van der Waals surface area contributed by atoms with Gasteiger partial charge in [-0.05, 0) is 30.5 Å². The first kappa shape index (κ1) is 12.5. The number of aromatic hydroxyl groups is 1. The lowest BCUT2D eigenvalue weighted by molar-refractivity contribution is 0.469. The number of pyridine rings is 1. The highest BCUT2D eigenvalue weighted by Crippen LogP contribution is 2.24. The fourth-order valence-corrected chi connectivity index (χ4v) is 2.31. The SMILES string of the molecule is Cc1ccc(O)c(CNc2cccc3ccncc23)c1. The summed E-state index contributed by atoms with van der Waals surface area (Å²) >= 11 is 0. The standard InChI is InChI=1S/C17H16N2O/c1-12-5-6-17(20)14(9-12)10-19-16-4-2-3-13-7-8-18-11-15(13)16/h2-9,11,19-20H,10H2,1H3. The Bertz CT molecular complexity index is 748. The van der Waals surface area contributed by atoms with Gasteiger partial charge in [0.15, 0.2) is 0 Å². The summed E-state index contributed by atoms with van der Waals surface area (Å²) in [4.78, 5) is 4.17. The van der Waals surface area contributed by atoms with Crippen LogP contribution in [0.25, 0.3) is 10.8 Å². The summed E-state index contributed by atoms with van der Waals surface area (Å²) in [7, 11) is 0. The highest BCUT2D eigenvalue weighted by atomic mass is 16.3. The second kappa shape index (κ2) is 5.21. The highest BCUT2D eigenvalue weighted by Gasteiger charge is 2.04. The average Bonchev–Trinajstić information content (AvgIpc) is 2.48. The molecule has 1 heterocycles. The molecule has 0 aliphatic rings. The molecule has 20 heavy (non-hydrogen) atoms. The van der Waals surface area contributed by atoms with Crippen molar-refractivity contribution in [1.82, 2.24) is 4.98 Å². The zero-order chi connectivity index (χ0) is 13.9. The van der Waals surface area contributed by atoms with Crippen LogP contribution in [0.2, 0.25) is 0 Å². The molecule has 0 atom stereocenters. The Morgan fingerprint density at radius 3 is 2.95 bits per heavy atom. The minimum absolute atomic E-state index is 0.321. The predicted octanol–water partition coefficient (Wildman–Crippen LogP) is 3.86. The molecule has 3 aromatic rings. The van der Waals surface area contributed by atoms with Gasteiger partial charge in [-0.1, -0.05) is 29.8 Å². The molecule has 3 heteroatoms. The predicted molar refractivity (Wildman–Crippen MR) is 81.9 cm³/mol. The molecule has 0 saturated heterocycles. The van der Waals surface area contributed by atoms with Crippen molar-refractivity contribution in [3.05, 3.63) is 66.0 Å². The second-order valence-electron chi connectivity index (χ2n) is 4.89.